The Balaban J connectivity index is 1.31. The third kappa shape index (κ3) is 4.25. The van der Waals surface area contributed by atoms with E-state index in [0.717, 1.165) is 24.2 Å². The maximum absolute atomic E-state index is 12.5. The van der Waals surface area contributed by atoms with Gasteiger partial charge in [-0.1, -0.05) is 30.3 Å². The summed E-state index contributed by atoms with van der Waals surface area (Å²) in [5, 5.41) is 6.84. The van der Waals surface area contributed by atoms with Crippen molar-refractivity contribution in [3.63, 3.8) is 0 Å². The van der Waals surface area contributed by atoms with Crippen LogP contribution in [0.2, 0.25) is 0 Å². The predicted molar refractivity (Wildman–Crippen MR) is 103 cm³/mol. The molecule has 2 atom stereocenters. The molecule has 2 unspecified atom stereocenters. The summed E-state index contributed by atoms with van der Waals surface area (Å²) in [5.74, 6) is 1.01. The predicted octanol–water partition coefficient (Wildman–Crippen LogP) is 3.99. The molecule has 0 saturated carbocycles. The number of carbonyl (C=O) groups is 1. The molecule has 0 spiro atoms. The number of hydrogen-bond acceptors (Lipinski definition) is 3. The summed E-state index contributed by atoms with van der Waals surface area (Å²) in [4.78, 5) is 13.7. The van der Waals surface area contributed by atoms with Crippen LogP contribution in [0.15, 0.2) is 59.5 Å². The lowest BCUT2D eigenvalue weighted by Crippen LogP contribution is -2.48. The minimum absolute atomic E-state index is 0.0610. The number of nitrogens with one attached hydrogen (secondary N) is 2. The molecule has 4 heteroatoms. The molecule has 0 aromatic heterocycles. The van der Waals surface area contributed by atoms with Crippen molar-refractivity contribution in [3.8, 4) is 0 Å². The molecule has 2 bridgehead atoms. The molecule has 3 nitrogen and oxygen atoms in total. The average molecular weight is 353 g/mol. The number of hydrogen-bond donors (Lipinski definition) is 2. The van der Waals surface area contributed by atoms with Gasteiger partial charge >= 0.3 is 0 Å². The molecule has 0 aliphatic carbocycles. The molecule has 2 aromatic carbocycles. The van der Waals surface area contributed by atoms with Crippen LogP contribution in [0.5, 0.6) is 0 Å². The number of piperidine rings is 1. The van der Waals surface area contributed by atoms with E-state index in [1.165, 1.54) is 23.3 Å². The molecule has 4 rings (SSSR count). The van der Waals surface area contributed by atoms with E-state index in [4.69, 9.17) is 0 Å². The van der Waals surface area contributed by atoms with Gasteiger partial charge in [0.2, 0.25) is 0 Å². The van der Waals surface area contributed by atoms with Gasteiger partial charge in [-0.2, -0.15) is 0 Å². The van der Waals surface area contributed by atoms with Gasteiger partial charge < -0.3 is 10.6 Å². The highest BCUT2D eigenvalue weighted by Gasteiger charge is 2.34. The van der Waals surface area contributed by atoms with E-state index in [1.54, 1.807) is 11.8 Å². The van der Waals surface area contributed by atoms with Crippen LogP contribution < -0.4 is 10.6 Å². The SMILES string of the molecule is O=C(NC1CC2CCC(C1)N2)c1ccc(SCc2ccccc2)cc1. The zero-order valence-electron chi connectivity index (χ0n) is 14.3. The highest BCUT2D eigenvalue weighted by Crippen LogP contribution is 2.27. The molecule has 2 heterocycles. The monoisotopic (exact) mass is 352 g/mol. The summed E-state index contributed by atoms with van der Waals surface area (Å²) in [6, 6.07) is 19.9. The Morgan fingerprint density at radius 1 is 1.00 bits per heavy atom. The summed E-state index contributed by atoms with van der Waals surface area (Å²) in [6.07, 6.45) is 4.63. The second-order valence-corrected chi connectivity index (χ2v) is 8.13. The standard InChI is InChI=1S/C21H24N2OS/c24-21(23-19-12-17-8-9-18(13-19)22-17)16-6-10-20(11-7-16)25-14-15-4-2-1-3-5-15/h1-7,10-11,17-19,22H,8-9,12-14H2,(H,23,24). The van der Waals surface area contributed by atoms with Crippen LogP contribution in [-0.2, 0) is 5.75 Å². The Morgan fingerprint density at radius 2 is 1.68 bits per heavy atom. The first-order chi connectivity index (χ1) is 12.3. The van der Waals surface area contributed by atoms with Crippen LogP contribution in [0, 0.1) is 0 Å². The number of benzene rings is 2. The molecule has 0 radical (unpaired) electrons. The first-order valence-electron chi connectivity index (χ1n) is 9.10. The van der Waals surface area contributed by atoms with Gasteiger partial charge in [0.15, 0.2) is 0 Å². The fourth-order valence-electron chi connectivity index (χ4n) is 3.89. The van der Waals surface area contributed by atoms with Crippen molar-refractivity contribution in [1.29, 1.82) is 0 Å². The van der Waals surface area contributed by atoms with Gasteiger partial charge in [0.25, 0.3) is 5.91 Å². The molecule has 1 amide bonds. The summed E-state index contributed by atoms with van der Waals surface area (Å²) in [5.41, 5.74) is 2.07. The number of rotatable bonds is 5. The summed E-state index contributed by atoms with van der Waals surface area (Å²) >= 11 is 1.80. The first-order valence-corrected chi connectivity index (χ1v) is 10.1. The van der Waals surface area contributed by atoms with Gasteiger partial charge in [-0.15, -0.1) is 11.8 Å². The van der Waals surface area contributed by atoms with Gasteiger partial charge in [-0.3, -0.25) is 4.79 Å². The zero-order valence-corrected chi connectivity index (χ0v) is 15.1. The van der Waals surface area contributed by atoms with Crippen molar-refractivity contribution >= 4 is 17.7 Å². The molecule has 130 valence electrons. The topological polar surface area (TPSA) is 41.1 Å². The minimum atomic E-state index is 0.0610. The Kier molecular flexibility index (Phi) is 5.09. The summed E-state index contributed by atoms with van der Waals surface area (Å²) in [6.45, 7) is 0. The number of amides is 1. The first kappa shape index (κ1) is 16.7. The van der Waals surface area contributed by atoms with E-state index in [1.807, 2.05) is 18.2 Å². The Bertz CT molecular complexity index is 704. The molecular weight excluding hydrogens is 328 g/mol. The van der Waals surface area contributed by atoms with Crippen LogP contribution in [0.25, 0.3) is 0 Å². The molecule has 2 N–H and O–H groups in total. The van der Waals surface area contributed by atoms with Crippen molar-refractivity contribution < 1.29 is 4.79 Å². The average Bonchev–Trinajstić information content (AvgIpc) is 2.99. The van der Waals surface area contributed by atoms with Crippen LogP contribution >= 0.6 is 11.8 Å². The summed E-state index contributed by atoms with van der Waals surface area (Å²) < 4.78 is 0. The molecule has 2 fully saturated rings. The van der Waals surface area contributed by atoms with E-state index >= 15 is 0 Å². The highest BCUT2D eigenvalue weighted by atomic mass is 32.2. The van der Waals surface area contributed by atoms with Crippen molar-refractivity contribution in [3.05, 3.63) is 65.7 Å². The Labute approximate surface area is 153 Å². The van der Waals surface area contributed by atoms with E-state index in [0.29, 0.717) is 18.1 Å². The molecule has 2 aromatic rings. The summed E-state index contributed by atoms with van der Waals surface area (Å²) in [7, 11) is 0. The van der Waals surface area contributed by atoms with E-state index < -0.39 is 0 Å². The van der Waals surface area contributed by atoms with Gasteiger partial charge in [0.1, 0.15) is 0 Å². The van der Waals surface area contributed by atoms with Crippen molar-refractivity contribution in [2.45, 2.75) is 54.5 Å². The third-order valence-electron chi connectivity index (χ3n) is 5.17. The molecular formula is C21H24N2OS. The molecule has 2 aliphatic rings. The van der Waals surface area contributed by atoms with Gasteiger partial charge in [-0.05, 0) is 55.5 Å². The fourth-order valence-corrected chi connectivity index (χ4v) is 4.74. The minimum Gasteiger partial charge on any atom is -0.349 e. The fraction of sp³-hybridized carbons (Fsp3) is 0.381. The van der Waals surface area contributed by atoms with Crippen molar-refractivity contribution in [1.82, 2.24) is 10.6 Å². The van der Waals surface area contributed by atoms with Gasteiger partial charge in [0.05, 0.1) is 0 Å². The van der Waals surface area contributed by atoms with Crippen molar-refractivity contribution in [2.24, 2.45) is 0 Å². The lowest BCUT2D eigenvalue weighted by atomic mass is 9.99. The van der Waals surface area contributed by atoms with E-state index in [9.17, 15) is 4.79 Å². The van der Waals surface area contributed by atoms with Crippen LogP contribution in [0.3, 0.4) is 0 Å². The lowest BCUT2D eigenvalue weighted by molar-refractivity contribution is 0.0924. The normalized spacial score (nSPS) is 24.9. The van der Waals surface area contributed by atoms with E-state index in [-0.39, 0.29) is 5.91 Å². The van der Waals surface area contributed by atoms with Crippen molar-refractivity contribution in [2.75, 3.05) is 0 Å². The Hall–Kier alpha value is -1.78. The lowest BCUT2D eigenvalue weighted by Gasteiger charge is -2.29. The van der Waals surface area contributed by atoms with Gasteiger partial charge in [-0.25, -0.2) is 0 Å². The number of fused-ring (bicyclic) bond motifs is 2. The third-order valence-corrected chi connectivity index (χ3v) is 6.26. The van der Waals surface area contributed by atoms with E-state index in [2.05, 4.69) is 47.0 Å². The number of carbonyl (C=O) groups excluding carboxylic acids is 1. The quantitative estimate of drug-likeness (QED) is 0.800. The molecule has 2 saturated heterocycles. The second-order valence-electron chi connectivity index (χ2n) is 7.08. The Morgan fingerprint density at radius 3 is 2.36 bits per heavy atom. The maximum atomic E-state index is 12.5. The smallest absolute Gasteiger partial charge is 0.251 e. The molecule has 2 aliphatic heterocycles. The van der Waals surface area contributed by atoms with Crippen LogP contribution in [-0.4, -0.2) is 24.0 Å². The second kappa shape index (κ2) is 7.63. The zero-order chi connectivity index (χ0) is 17.1. The molecule has 25 heavy (non-hydrogen) atoms. The van der Waals surface area contributed by atoms with Crippen LogP contribution in [0.4, 0.5) is 0 Å². The van der Waals surface area contributed by atoms with Crippen LogP contribution in [0.1, 0.15) is 41.6 Å². The maximum Gasteiger partial charge on any atom is 0.251 e. The van der Waals surface area contributed by atoms with Gasteiger partial charge in [0, 0.05) is 34.3 Å². The largest absolute Gasteiger partial charge is 0.349 e. The number of thioether (sulfide) groups is 1. The highest BCUT2D eigenvalue weighted by molar-refractivity contribution is 7.98.